The van der Waals surface area contributed by atoms with Crippen LogP contribution in [0.2, 0.25) is 0 Å². The van der Waals surface area contributed by atoms with Crippen molar-refractivity contribution in [2.45, 2.75) is 17.9 Å². The Bertz CT molecular complexity index is 759. The first-order valence-corrected chi connectivity index (χ1v) is 8.68. The molecule has 0 aliphatic rings. The maximum absolute atomic E-state index is 12.4. The highest BCUT2D eigenvalue weighted by molar-refractivity contribution is 7.89. The van der Waals surface area contributed by atoms with Crippen molar-refractivity contribution in [2.24, 2.45) is 0 Å². The van der Waals surface area contributed by atoms with Crippen molar-refractivity contribution >= 4 is 10.0 Å². The molecule has 5 nitrogen and oxygen atoms in total. The number of benzene rings is 2. The van der Waals surface area contributed by atoms with E-state index in [9.17, 15) is 8.42 Å². The first-order valence-electron chi connectivity index (χ1n) is 7.20. The molecule has 2 aromatic rings. The highest BCUT2D eigenvalue weighted by Gasteiger charge is 2.20. The average Bonchev–Trinajstić information content (AvgIpc) is 2.56. The molecule has 0 fully saturated rings. The zero-order valence-electron chi connectivity index (χ0n) is 13.4. The summed E-state index contributed by atoms with van der Waals surface area (Å²) in [6, 6.07) is 14.2. The Balaban J connectivity index is 2.17. The third-order valence-corrected chi connectivity index (χ3v) is 4.95. The van der Waals surface area contributed by atoms with Crippen LogP contribution in [0.5, 0.6) is 5.75 Å². The molecule has 0 saturated heterocycles. The number of hydrogen-bond donors (Lipinski definition) is 1. The second-order valence-electron chi connectivity index (χ2n) is 5.13. The van der Waals surface area contributed by atoms with Gasteiger partial charge in [-0.05, 0) is 30.7 Å². The van der Waals surface area contributed by atoms with Crippen LogP contribution in [0, 0.1) is 6.92 Å². The number of sulfonamides is 1. The minimum atomic E-state index is -3.59. The molecule has 2 rings (SSSR count). The van der Waals surface area contributed by atoms with Crippen LogP contribution in [-0.2, 0) is 14.8 Å². The molecule has 0 saturated carbocycles. The van der Waals surface area contributed by atoms with Gasteiger partial charge < -0.3 is 9.47 Å². The van der Waals surface area contributed by atoms with Gasteiger partial charge in [-0.25, -0.2) is 13.1 Å². The van der Waals surface area contributed by atoms with E-state index in [1.54, 1.807) is 25.3 Å². The van der Waals surface area contributed by atoms with Crippen LogP contribution in [0.15, 0.2) is 53.4 Å². The van der Waals surface area contributed by atoms with Crippen LogP contribution in [0.4, 0.5) is 0 Å². The molecular weight excluding hydrogens is 314 g/mol. The minimum absolute atomic E-state index is 0.118. The van der Waals surface area contributed by atoms with Crippen molar-refractivity contribution in [3.05, 3.63) is 59.7 Å². The fraction of sp³-hybridized carbons (Fsp3) is 0.294. The van der Waals surface area contributed by atoms with Crippen molar-refractivity contribution in [3.8, 4) is 5.75 Å². The van der Waals surface area contributed by atoms with Crippen LogP contribution in [0.1, 0.15) is 17.2 Å². The molecule has 0 amide bonds. The minimum Gasteiger partial charge on any atom is -0.496 e. The summed E-state index contributed by atoms with van der Waals surface area (Å²) in [6.07, 6.45) is -0.439. The third-order valence-electron chi connectivity index (χ3n) is 3.53. The van der Waals surface area contributed by atoms with Crippen molar-refractivity contribution in [1.82, 2.24) is 4.72 Å². The van der Waals surface area contributed by atoms with Gasteiger partial charge in [0.2, 0.25) is 10.0 Å². The molecule has 6 heteroatoms. The van der Waals surface area contributed by atoms with E-state index in [0.29, 0.717) is 5.75 Å². The molecule has 1 atom stereocenters. The normalized spacial score (nSPS) is 12.8. The number of hydrogen-bond acceptors (Lipinski definition) is 4. The molecule has 0 unspecified atom stereocenters. The lowest BCUT2D eigenvalue weighted by molar-refractivity contribution is 0.105. The van der Waals surface area contributed by atoms with Gasteiger partial charge in [0.25, 0.3) is 0 Å². The van der Waals surface area contributed by atoms with Gasteiger partial charge in [0.1, 0.15) is 5.75 Å². The van der Waals surface area contributed by atoms with Crippen LogP contribution in [-0.4, -0.2) is 29.2 Å². The highest BCUT2D eigenvalue weighted by Crippen LogP contribution is 2.26. The highest BCUT2D eigenvalue weighted by atomic mass is 32.2. The van der Waals surface area contributed by atoms with Crippen LogP contribution < -0.4 is 9.46 Å². The molecule has 0 radical (unpaired) electrons. The Morgan fingerprint density at radius 1 is 1.09 bits per heavy atom. The average molecular weight is 335 g/mol. The zero-order valence-corrected chi connectivity index (χ0v) is 14.3. The van der Waals surface area contributed by atoms with Crippen LogP contribution >= 0.6 is 0 Å². The van der Waals surface area contributed by atoms with Crippen molar-refractivity contribution in [1.29, 1.82) is 0 Å². The summed E-state index contributed by atoms with van der Waals surface area (Å²) in [5, 5.41) is 0. The van der Waals surface area contributed by atoms with E-state index in [0.717, 1.165) is 11.1 Å². The van der Waals surface area contributed by atoms with Gasteiger partial charge >= 0.3 is 0 Å². The van der Waals surface area contributed by atoms with Gasteiger partial charge in [-0.15, -0.1) is 0 Å². The smallest absolute Gasteiger partial charge is 0.240 e. The summed E-state index contributed by atoms with van der Waals surface area (Å²) in [5.74, 6) is 0.661. The number of methoxy groups -OCH3 is 2. The molecule has 0 bridgehead atoms. The topological polar surface area (TPSA) is 64.6 Å². The molecule has 2 aromatic carbocycles. The van der Waals surface area contributed by atoms with Gasteiger partial charge in [-0.3, -0.25) is 0 Å². The molecule has 23 heavy (non-hydrogen) atoms. The van der Waals surface area contributed by atoms with Gasteiger partial charge in [-0.1, -0.05) is 30.3 Å². The second kappa shape index (κ2) is 7.59. The molecular formula is C17H21NO4S. The Labute approximate surface area is 137 Å². The number of nitrogens with one attached hydrogen (secondary N) is 1. The predicted molar refractivity (Wildman–Crippen MR) is 89.1 cm³/mol. The lowest BCUT2D eigenvalue weighted by Gasteiger charge is -2.19. The molecule has 124 valence electrons. The standard InChI is InChI=1S/C17H21NO4S/c1-13-7-6-8-14(11-13)23(19,20)18-12-17(22-3)15-9-4-5-10-16(15)21-2/h4-11,17-18H,12H2,1-3H3/t17-/m0/s1. The van der Waals surface area contributed by atoms with Crippen LogP contribution in [0.3, 0.4) is 0 Å². The van der Waals surface area contributed by atoms with Crippen molar-refractivity contribution < 1.29 is 17.9 Å². The summed E-state index contributed by atoms with van der Waals surface area (Å²) < 4.78 is 38.1. The molecule has 0 aliphatic carbocycles. The van der Waals surface area contributed by atoms with E-state index in [1.165, 1.54) is 7.11 Å². The number of para-hydroxylation sites is 1. The van der Waals surface area contributed by atoms with Gasteiger partial charge in [0.05, 0.1) is 18.1 Å². The Hall–Kier alpha value is -1.89. The van der Waals surface area contributed by atoms with E-state index < -0.39 is 16.1 Å². The third kappa shape index (κ3) is 4.31. The summed E-state index contributed by atoms with van der Waals surface area (Å²) in [4.78, 5) is 0.243. The van der Waals surface area contributed by atoms with Crippen molar-refractivity contribution in [3.63, 3.8) is 0 Å². The second-order valence-corrected chi connectivity index (χ2v) is 6.90. The van der Waals surface area contributed by atoms with Gasteiger partial charge in [0.15, 0.2) is 0 Å². The summed E-state index contributed by atoms with van der Waals surface area (Å²) in [7, 11) is -0.475. The lowest BCUT2D eigenvalue weighted by atomic mass is 10.1. The molecule has 1 N–H and O–H groups in total. The lowest BCUT2D eigenvalue weighted by Crippen LogP contribution is -2.29. The fourth-order valence-corrected chi connectivity index (χ4v) is 3.44. The van der Waals surface area contributed by atoms with E-state index in [-0.39, 0.29) is 11.4 Å². The molecule has 0 aliphatic heterocycles. The van der Waals surface area contributed by atoms with E-state index >= 15 is 0 Å². The van der Waals surface area contributed by atoms with Gasteiger partial charge in [-0.2, -0.15) is 0 Å². The zero-order chi connectivity index (χ0) is 16.9. The van der Waals surface area contributed by atoms with E-state index in [4.69, 9.17) is 9.47 Å². The quantitative estimate of drug-likeness (QED) is 0.845. The fourth-order valence-electron chi connectivity index (χ4n) is 2.30. The maximum Gasteiger partial charge on any atom is 0.240 e. The maximum atomic E-state index is 12.4. The number of aryl methyl sites for hydroxylation is 1. The predicted octanol–water partition coefficient (Wildman–Crippen LogP) is 2.67. The number of ether oxygens (including phenoxy) is 2. The van der Waals surface area contributed by atoms with Crippen LogP contribution in [0.25, 0.3) is 0 Å². The van der Waals surface area contributed by atoms with E-state index in [1.807, 2.05) is 37.3 Å². The van der Waals surface area contributed by atoms with E-state index in [2.05, 4.69) is 4.72 Å². The molecule has 0 spiro atoms. The first-order chi connectivity index (χ1) is 11.0. The monoisotopic (exact) mass is 335 g/mol. The Morgan fingerprint density at radius 2 is 1.83 bits per heavy atom. The summed E-state index contributed by atoms with van der Waals surface area (Å²) in [5.41, 5.74) is 1.69. The Morgan fingerprint density at radius 3 is 2.48 bits per heavy atom. The molecule has 0 heterocycles. The molecule has 0 aromatic heterocycles. The first kappa shape index (κ1) is 17.5. The largest absolute Gasteiger partial charge is 0.496 e. The Kier molecular flexibility index (Phi) is 5.76. The summed E-state index contributed by atoms with van der Waals surface area (Å²) >= 11 is 0. The number of rotatable bonds is 7. The SMILES string of the molecule is COc1ccccc1[C@H](CNS(=O)(=O)c1cccc(C)c1)OC. The van der Waals surface area contributed by atoms with Crippen molar-refractivity contribution in [2.75, 3.05) is 20.8 Å². The summed E-state index contributed by atoms with van der Waals surface area (Å²) in [6.45, 7) is 1.97. The van der Waals surface area contributed by atoms with Gasteiger partial charge in [0, 0.05) is 19.2 Å².